The summed E-state index contributed by atoms with van der Waals surface area (Å²) in [5.41, 5.74) is 2.02. The number of halogens is 1. The fourth-order valence-electron chi connectivity index (χ4n) is 3.73. The lowest BCUT2D eigenvalue weighted by molar-refractivity contribution is 0.0559. The predicted octanol–water partition coefficient (Wildman–Crippen LogP) is 3.87. The third kappa shape index (κ3) is 4.21. The first-order chi connectivity index (χ1) is 13.2. The number of benzene rings is 2. The quantitative estimate of drug-likeness (QED) is 0.727. The SMILES string of the molecule is O[C@H](c1ccc(Cl)cc1)C1CCN(Cc2nncn2-c2ccccc2)CC1. The summed E-state index contributed by atoms with van der Waals surface area (Å²) >= 11 is 5.94. The number of hydrogen-bond acceptors (Lipinski definition) is 4. The van der Waals surface area contributed by atoms with Crippen LogP contribution in [0.4, 0.5) is 0 Å². The van der Waals surface area contributed by atoms with Gasteiger partial charge in [-0.15, -0.1) is 10.2 Å². The zero-order chi connectivity index (χ0) is 18.6. The summed E-state index contributed by atoms with van der Waals surface area (Å²) in [5.74, 6) is 1.22. The van der Waals surface area contributed by atoms with E-state index in [1.165, 1.54) is 0 Å². The molecule has 2 aromatic carbocycles. The van der Waals surface area contributed by atoms with Crippen molar-refractivity contribution in [3.63, 3.8) is 0 Å². The van der Waals surface area contributed by atoms with Gasteiger partial charge in [0, 0.05) is 10.7 Å². The van der Waals surface area contributed by atoms with Gasteiger partial charge < -0.3 is 5.11 Å². The van der Waals surface area contributed by atoms with Crippen LogP contribution >= 0.6 is 11.6 Å². The number of para-hydroxylation sites is 1. The second-order valence-corrected chi connectivity index (χ2v) is 7.50. The Bertz CT molecular complexity index is 857. The topological polar surface area (TPSA) is 54.2 Å². The molecule has 1 saturated heterocycles. The van der Waals surface area contributed by atoms with Crippen molar-refractivity contribution in [1.82, 2.24) is 19.7 Å². The maximum atomic E-state index is 10.7. The smallest absolute Gasteiger partial charge is 0.151 e. The maximum absolute atomic E-state index is 10.7. The van der Waals surface area contributed by atoms with Crippen molar-refractivity contribution < 1.29 is 5.11 Å². The highest BCUT2D eigenvalue weighted by Crippen LogP contribution is 2.31. The molecule has 0 radical (unpaired) electrons. The lowest BCUT2D eigenvalue weighted by Crippen LogP contribution is -2.35. The predicted molar refractivity (Wildman–Crippen MR) is 106 cm³/mol. The van der Waals surface area contributed by atoms with Gasteiger partial charge in [0.15, 0.2) is 5.82 Å². The molecule has 2 heterocycles. The molecule has 3 aromatic rings. The van der Waals surface area contributed by atoms with Gasteiger partial charge in [0.2, 0.25) is 0 Å². The molecular weight excluding hydrogens is 360 g/mol. The molecule has 27 heavy (non-hydrogen) atoms. The Morgan fingerprint density at radius 2 is 1.74 bits per heavy atom. The van der Waals surface area contributed by atoms with Crippen LogP contribution in [0.1, 0.15) is 30.3 Å². The number of rotatable bonds is 5. The second-order valence-electron chi connectivity index (χ2n) is 7.06. The van der Waals surface area contributed by atoms with Gasteiger partial charge in [-0.05, 0) is 61.7 Å². The Kier molecular flexibility index (Phi) is 5.53. The van der Waals surface area contributed by atoms with Gasteiger partial charge in [0.1, 0.15) is 6.33 Å². The van der Waals surface area contributed by atoms with Crippen LogP contribution in [0.15, 0.2) is 60.9 Å². The van der Waals surface area contributed by atoms with Crippen molar-refractivity contribution in [1.29, 1.82) is 0 Å². The fraction of sp³-hybridized carbons (Fsp3) is 0.333. The summed E-state index contributed by atoms with van der Waals surface area (Å²) in [4.78, 5) is 2.38. The first-order valence-corrected chi connectivity index (χ1v) is 9.69. The largest absolute Gasteiger partial charge is 0.388 e. The highest BCUT2D eigenvalue weighted by atomic mass is 35.5. The maximum Gasteiger partial charge on any atom is 0.151 e. The molecule has 5 nitrogen and oxygen atoms in total. The number of hydrogen-bond donors (Lipinski definition) is 1. The highest BCUT2D eigenvalue weighted by Gasteiger charge is 2.27. The Balaban J connectivity index is 1.36. The Morgan fingerprint density at radius 1 is 1.04 bits per heavy atom. The Morgan fingerprint density at radius 3 is 2.44 bits per heavy atom. The van der Waals surface area contributed by atoms with Gasteiger partial charge in [-0.25, -0.2) is 0 Å². The summed E-state index contributed by atoms with van der Waals surface area (Å²) in [6, 6.07) is 17.7. The molecule has 0 aliphatic carbocycles. The molecule has 140 valence electrons. The summed E-state index contributed by atoms with van der Waals surface area (Å²) < 4.78 is 2.04. The number of aliphatic hydroxyl groups is 1. The van der Waals surface area contributed by atoms with Crippen LogP contribution in [0.3, 0.4) is 0 Å². The van der Waals surface area contributed by atoms with Gasteiger partial charge in [0.25, 0.3) is 0 Å². The van der Waals surface area contributed by atoms with Crippen molar-refractivity contribution >= 4 is 11.6 Å². The number of likely N-dealkylation sites (tertiary alicyclic amines) is 1. The fourth-order valence-corrected chi connectivity index (χ4v) is 3.86. The van der Waals surface area contributed by atoms with Crippen LogP contribution in [-0.2, 0) is 6.54 Å². The van der Waals surface area contributed by atoms with Crippen LogP contribution in [0, 0.1) is 5.92 Å². The average Bonchev–Trinajstić information content (AvgIpc) is 3.17. The minimum atomic E-state index is -0.433. The van der Waals surface area contributed by atoms with E-state index in [0.29, 0.717) is 5.02 Å². The standard InChI is InChI=1S/C21H23ClN4O/c22-18-8-6-16(7-9-18)21(27)17-10-12-25(13-11-17)14-20-24-23-15-26(20)19-4-2-1-3-5-19/h1-9,15,17,21,27H,10-14H2/t21-/m1/s1. The second kappa shape index (κ2) is 8.21. The molecule has 1 atom stereocenters. The molecular formula is C21H23ClN4O. The molecule has 6 heteroatoms. The van der Waals surface area contributed by atoms with Crippen molar-refractivity contribution in [2.45, 2.75) is 25.5 Å². The molecule has 1 aliphatic rings. The van der Waals surface area contributed by atoms with Crippen molar-refractivity contribution in [3.05, 3.63) is 77.3 Å². The van der Waals surface area contributed by atoms with Gasteiger partial charge in [-0.3, -0.25) is 9.47 Å². The normalized spacial score (nSPS) is 17.1. The van der Waals surface area contributed by atoms with Crippen LogP contribution in [-0.4, -0.2) is 37.9 Å². The third-order valence-corrected chi connectivity index (χ3v) is 5.56. The van der Waals surface area contributed by atoms with E-state index in [1.807, 2.05) is 47.0 Å². The lowest BCUT2D eigenvalue weighted by atomic mass is 9.87. The van der Waals surface area contributed by atoms with Crippen molar-refractivity contribution in [2.75, 3.05) is 13.1 Å². The molecule has 0 spiro atoms. The molecule has 0 bridgehead atoms. The number of nitrogens with zero attached hydrogens (tertiary/aromatic N) is 4. The molecule has 1 aliphatic heterocycles. The third-order valence-electron chi connectivity index (χ3n) is 5.31. The number of piperidine rings is 1. The van der Waals surface area contributed by atoms with E-state index in [0.717, 1.165) is 49.6 Å². The lowest BCUT2D eigenvalue weighted by Gasteiger charge is -2.34. The first kappa shape index (κ1) is 18.2. The molecule has 0 amide bonds. The molecule has 1 fully saturated rings. The van der Waals surface area contributed by atoms with Crippen LogP contribution in [0.25, 0.3) is 5.69 Å². The number of aliphatic hydroxyl groups excluding tert-OH is 1. The Labute approximate surface area is 164 Å². The Hall–Kier alpha value is -2.21. The van der Waals surface area contributed by atoms with Crippen LogP contribution in [0.2, 0.25) is 5.02 Å². The summed E-state index contributed by atoms with van der Waals surface area (Å²) in [7, 11) is 0. The van der Waals surface area contributed by atoms with Gasteiger partial charge in [-0.1, -0.05) is 41.9 Å². The molecule has 1 aromatic heterocycles. The van der Waals surface area contributed by atoms with Crippen LogP contribution in [0.5, 0.6) is 0 Å². The summed E-state index contributed by atoms with van der Waals surface area (Å²) in [6.45, 7) is 2.65. The zero-order valence-electron chi connectivity index (χ0n) is 15.1. The minimum absolute atomic E-state index is 0.273. The highest BCUT2D eigenvalue weighted by molar-refractivity contribution is 6.30. The van der Waals surface area contributed by atoms with E-state index in [2.05, 4.69) is 27.2 Å². The molecule has 0 unspecified atom stereocenters. The van der Waals surface area contributed by atoms with E-state index >= 15 is 0 Å². The molecule has 0 saturated carbocycles. The van der Waals surface area contributed by atoms with Gasteiger partial charge >= 0.3 is 0 Å². The summed E-state index contributed by atoms with van der Waals surface area (Å²) in [6.07, 6.45) is 3.26. The van der Waals surface area contributed by atoms with E-state index in [1.54, 1.807) is 6.33 Å². The van der Waals surface area contributed by atoms with Gasteiger partial charge in [-0.2, -0.15) is 0 Å². The van der Waals surface area contributed by atoms with E-state index in [-0.39, 0.29) is 5.92 Å². The van der Waals surface area contributed by atoms with E-state index < -0.39 is 6.10 Å². The monoisotopic (exact) mass is 382 g/mol. The van der Waals surface area contributed by atoms with Crippen LogP contribution < -0.4 is 0 Å². The number of aromatic nitrogens is 3. The minimum Gasteiger partial charge on any atom is -0.388 e. The zero-order valence-corrected chi connectivity index (χ0v) is 15.8. The van der Waals surface area contributed by atoms with E-state index in [9.17, 15) is 5.11 Å². The average molecular weight is 383 g/mol. The van der Waals surface area contributed by atoms with Gasteiger partial charge in [0.05, 0.1) is 12.6 Å². The summed E-state index contributed by atoms with van der Waals surface area (Å²) in [5, 5.41) is 19.8. The van der Waals surface area contributed by atoms with Crippen molar-refractivity contribution in [2.24, 2.45) is 5.92 Å². The van der Waals surface area contributed by atoms with E-state index in [4.69, 9.17) is 11.6 Å². The first-order valence-electron chi connectivity index (χ1n) is 9.31. The molecule has 4 rings (SSSR count). The molecule has 1 N–H and O–H groups in total. The van der Waals surface area contributed by atoms with Crippen molar-refractivity contribution in [3.8, 4) is 5.69 Å².